The molecule has 0 spiro atoms. The molecular weight excluding hydrogens is 849 g/mol. The predicted molar refractivity (Wildman–Crippen MR) is 238 cm³/mol. The molecule has 0 fully saturated rings. The number of primary amides is 1. The number of aliphatic hydroxyl groups excluding tert-OH is 1. The smallest absolute Gasteiger partial charge is 0.326 e. The maximum Gasteiger partial charge on any atom is 0.326 e. The molecule has 4 atom stereocenters. The minimum atomic E-state index is -1.38. The molecule has 0 aliphatic carbocycles. The van der Waals surface area contributed by atoms with Gasteiger partial charge in [0.05, 0.1) is 32.5 Å². The van der Waals surface area contributed by atoms with E-state index in [2.05, 4.69) is 21.3 Å². The van der Waals surface area contributed by atoms with Crippen LogP contribution in [0.3, 0.4) is 0 Å². The van der Waals surface area contributed by atoms with Gasteiger partial charge in [-0.3, -0.25) is 33.6 Å². The Balaban J connectivity index is 4.05. The topological polar surface area (TPSA) is 316 Å². The van der Waals surface area contributed by atoms with Gasteiger partial charge < -0.3 is 57.5 Å². The summed E-state index contributed by atoms with van der Waals surface area (Å²) in [5.74, 6) is -4.76. The lowest BCUT2D eigenvalue weighted by Crippen LogP contribution is -2.55. The molecule has 0 aliphatic rings. The van der Waals surface area contributed by atoms with Gasteiger partial charge >= 0.3 is 11.9 Å². The van der Waals surface area contributed by atoms with Gasteiger partial charge in [-0.15, -0.1) is 0 Å². The fraction of sp³-hybridized carbons (Fsp3) is 0.805. The molecule has 0 radical (unpaired) electrons. The number of ether oxygens (including phenoxy) is 2. The van der Waals surface area contributed by atoms with Crippen molar-refractivity contribution in [3.8, 4) is 0 Å². The standard InChI is InChI=1S/C41H74N6O13S2/c1-2-17-34(49)30(42)28-61-62-29-33(39(43)55)47-40(56)32(26-48)46-37(52)27-60-25-24-59-23-22-44-35(50)21-20-31(41(57)58)45-36(51)18-15-13-11-9-7-5-3-4-6-8-10-12-14-16-19-38(53)54/h30-33,48H,2-29,42H2,1H3,(H2,43,55)(H,44,50)(H,45,51)(H,46,52)(H,47,56)(H,53,54)(H,57,58). The molecule has 0 aromatic heterocycles. The number of carboxylic acid groups (broad SMARTS) is 2. The normalized spacial score (nSPS) is 13.0. The molecule has 0 aliphatic heterocycles. The van der Waals surface area contributed by atoms with Crippen molar-refractivity contribution in [1.29, 1.82) is 0 Å². The number of carboxylic acids is 2. The number of nitrogens with one attached hydrogen (secondary N) is 4. The zero-order valence-corrected chi connectivity index (χ0v) is 38.1. The largest absolute Gasteiger partial charge is 0.481 e. The third-order valence-corrected chi connectivity index (χ3v) is 11.9. The maximum atomic E-state index is 12.6. The number of aliphatic carboxylic acids is 2. The Hall–Kier alpha value is -3.50. The van der Waals surface area contributed by atoms with Gasteiger partial charge in [-0.2, -0.15) is 0 Å². The lowest BCUT2D eigenvalue weighted by Gasteiger charge is -2.20. The Bertz CT molecular complexity index is 1320. The second-order valence-corrected chi connectivity index (χ2v) is 17.6. The van der Waals surface area contributed by atoms with Crippen LogP contribution in [0.25, 0.3) is 0 Å². The number of hydrogen-bond donors (Lipinski definition) is 9. The molecule has 0 heterocycles. The summed E-state index contributed by atoms with van der Waals surface area (Å²) < 4.78 is 10.6. The molecule has 0 aromatic carbocycles. The quantitative estimate of drug-likeness (QED) is 0.0313. The summed E-state index contributed by atoms with van der Waals surface area (Å²) >= 11 is 0. The van der Waals surface area contributed by atoms with Gasteiger partial charge in [-0.05, 0) is 25.7 Å². The second-order valence-electron chi connectivity index (χ2n) is 15.0. The number of amides is 5. The van der Waals surface area contributed by atoms with Crippen molar-refractivity contribution in [2.45, 2.75) is 160 Å². The number of carbonyl (C=O) groups is 8. The minimum Gasteiger partial charge on any atom is -0.481 e. The number of carbonyl (C=O) groups excluding carboxylic acids is 6. The van der Waals surface area contributed by atoms with E-state index in [0.717, 1.165) is 51.4 Å². The fourth-order valence-corrected chi connectivity index (χ4v) is 8.21. The summed E-state index contributed by atoms with van der Waals surface area (Å²) in [5, 5.41) is 37.6. The van der Waals surface area contributed by atoms with E-state index in [0.29, 0.717) is 25.0 Å². The van der Waals surface area contributed by atoms with Gasteiger partial charge in [0.15, 0.2) is 0 Å². The van der Waals surface area contributed by atoms with E-state index in [1.54, 1.807) is 0 Å². The molecule has 62 heavy (non-hydrogen) atoms. The highest BCUT2D eigenvalue weighted by atomic mass is 33.1. The lowest BCUT2D eigenvalue weighted by atomic mass is 10.0. The maximum absolute atomic E-state index is 12.6. The number of unbranched alkanes of at least 4 members (excludes halogenated alkanes) is 13. The molecular formula is C41H74N6O13S2. The Morgan fingerprint density at radius 2 is 1.13 bits per heavy atom. The Labute approximate surface area is 374 Å². The monoisotopic (exact) mass is 922 g/mol. The van der Waals surface area contributed by atoms with Crippen LogP contribution < -0.4 is 32.7 Å². The van der Waals surface area contributed by atoms with E-state index >= 15 is 0 Å². The highest BCUT2D eigenvalue weighted by Crippen LogP contribution is 2.23. The van der Waals surface area contributed by atoms with Crippen molar-refractivity contribution < 1.29 is 63.1 Å². The molecule has 0 saturated heterocycles. The van der Waals surface area contributed by atoms with Crippen molar-refractivity contribution in [1.82, 2.24) is 21.3 Å². The van der Waals surface area contributed by atoms with Crippen molar-refractivity contribution in [3.05, 3.63) is 0 Å². The van der Waals surface area contributed by atoms with Crippen molar-refractivity contribution in [3.63, 3.8) is 0 Å². The van der Waals surface area contributed by atoms with Gasteiger partial charge in [0, 0.05) is 43.7 Å². The first kappa shape index (κ1) is 58.5. The zero-order chi connectivity index (χ0) is 46.4. The van der Waals surface area contributed by atoms with Gasteiger partial charge in [0.1, 0.15) is 30.5 Å². The average molecular weight is 923 g/mol. The summed E-state index contributed by atoms with van der Waals surface area (Å²) in [5.41, 5.74) is 11.2. The summed E-state index contributed by atoms with van der Waals surface area (Å²) in [7, 11) is 2.45. The predicted octanol–water partition coefficient (Wildman–Crippen LogP) is 2.34. The van der Waals surface area contributed by atoms with Gasteiger partial charge in [0.25, 0.3) is 0 Å². The molecule has 0 saturated carbocycles. The van der Waals surface area contributed by atoms with E-state index in [4.69, 9.17) is 26.0 Å². The molecule has 11 N–H and O–H groups in total. The van der Waals surface area contributed by atoms with Crippen molar-refractivity contribution >= 4 is 68.8 Å². The Morgan fingerprint density at radius 3 is 1.66 bits per heavy atom. The Kier molecular flexibility index (Phi) is 36.9. The fourth-order valence-electron chi connectivity index (χ4n) is 5.88. The third kappa shape index (κ3) is 34.0. The zero-order valence-electron chi connectivity index (χ0n) is 36.5. The van der Waals surface area contributed by atoms with Crippen LogP contribution in [-0.4, -0.2) is 138 Å². The first-order chi connectivity index (χ1) is 29.7. The molecule has 0 bridgehead atoms. The van der Waals surface area contributed by atoms with E-state index in [1.807, 2.05) is 6.92 Å². The molecule has 0 rings (SSSR count). The summed E-state index contributed by atoms with van der Waals surface area (Å²) in [6.45, 7) is 0.949. The molecule has 358 valence electrons. The SMILES string of the molecule is CCCC(=O)C(N)CSSCC(NC(=O)C(CO)NC(=O)COCCOCCNC(=O)CCC(NC(=O)CCCCCCCCCCCCCCCCC(=O)O)C(=O)O)C(N)=O. The molecule has 5 amide bonds. The van der Waals surface area contributed by atoms with E-state index < -0.39 is 72.9 Å². The molecule has 21 heteroatoms. The summed E-state index contributed by atoms with van der Waals surface area (Å²) in [6, 6.07) is -4.32. The number of aliphatic hydroxyl groups is 1. The van der Waals surface area contributed by atoms with Crippen molar-refractivity contribution in [2.75, 3.05) is 51.1 Å². The van der Waals surface area contributed by atoms with Crippen LogP contribution in [0.4, 0.5) is 0 Å². The number of ketones is 1. The number of rotatable bonds is 43. The van der Waals surface area contributed by atoms with E-state index in [1.165, 1.54) is 53.7 Å². The first-order valence-electron chi connectivity index (χ1n) is 21.9. The van der Waals surface area contributed by atoms with Crippen LogP contribution in [0.5, 0.6) is 0 Å². The van der Waals surface area contributed by atoms with Crippen LogP contribution in [-0.2, 0) is 47.8 Å². The second kappa shape index (κ2) is 39.1. The van der Waals surface area contributed by atoms with Gasteiger partial charge in [-0.25, -0.2) is 4.79 Å². The molecule has 4 unspecified atom stereocenters. The minimum absolute atomic E-state index is 0.00766. The number of nitrogens with two attached hydrogens (primary N) is 2. The number of Topliss-reactive ketones (excluding diaryl/α,β-unsaturated/α-hetero) is 1. The van der Waals surface area contributed by atoms with E-state index in [9.17, 15) is 48.6 Å². The van der Waals surface area contributed by atoms with E-state index in [-0.39, 0.29) is 69.5 Å². The van der Waals surface area contributed by atoms with Crippen molar-refractivity contribution in [2.24, 2.45) is 11.5 Å². The lowest BCUT2D eigenvalue weighted by molar-refractivity contribution is -0.142. The highest BCUT2D eigenvalue weighted by Gasteiger charge is 2.26. The Morgan fingerprint density at radius 1 is 0.597 bits per heavy atom. The molecule has 0 aromatic rings. The summed E-state index contributed by atoms with van der Waals surface area (Å²) in [6.07, 6.45) is 16.2. The number of hydrogen-bond acceptors (Lipinski definition) is 14. The third-order valence-electron chi connectivity index (χ3n) is 9.48. The average Bonchev–Trinajstić information content (AvgIpc) is 3.22. The van der Waals surface area contributed by atoms with Crippen LogP contribution in [0.15, 0.2) is 0 Å². The van der Waals surface area contributed by atoms with Crippen LogP contribution in [0, 0.1) is 0 Å². The highest BCUT2D eigenvalue weighted by molar-refractivity contribution is 8.76. The van der Waals surface area contributed by atoms with Gasteiger partial charge in [0.2, 0.25) is 29.5 Å². The van der Waals surface area contributed by atoms with Crippen LogP contribution >= 0.6 is 21.6 Å². The first-order valence-corrected chi connectivity index (χ1v) is 24.4. The molecule has 19 nitrogen and oxygen atoms in total. The van der Waals surface area contributed by atoms with Crippen LogP contribution in [0.1, 0.15) is 135 Å². The summed E-state index contributed by atoms with van der Waals surface area (Å²) in [4.78, 5) is 95.4. The van der Waals surface area contributed by atoms with Gasteiger partial charge in [-0.1, -0.05) is 106 Å². The van der Waals surface area contributed by atoms with Crippen LogP contribution in [0.2, 0.25) is 0 Å².